The molecule has 0 aliphatic rings. The Morgan fingerprint density at radius 1 is 1.64 bits per heavy atom. The lowest BCUT2D eigenvalue weighted by Crippen LogP contribution is -2.29. The van der Waals surface area contributed by atoms with Crippen molar-refractivity contribution in [2.45, 2.75) is 20.0 Å². The summed E-state index contributed by atoms with van der Waals surface area (Å²) in [4.78, 5) is 14.7. The van der Waals surface area contributed by atoms with Crippen LogP contribution in [-0.4, -0.2) is 23.3 Å². The number of imidazole rings is 1. The summed E-state index contributed by atoms with van der Waals surface area (Å²) < 4.78 is 6.74. The van der Waals surface area contributed by atoms with E-state index >= 15 is 0 Å². The molecule has 1 aromatic rings. The van der Waals surface area contributed by atoms with Crippen molar-refractivity contribution in [3.05, 3.63) is 23.6 Å². The van der Waals surface area contributed by atoms with Crippen LogP contribution in [-0.2, 0) is 4.74 Å². The van der Waals surface area contributed by atoms with Crippen molar-refractivity contribution in [1.29, 1.82) is 0 Å². The Hall–Kier alpha value is -1.23. The molecule has 14 heavy (non-hydrogen) atoms. The Bertz CT molecular complexity index is 282. The molecule has 1 rings (SSSR count). The minimum atomic E-state index is -0.482. The minimum Gasteiger partial charge on any atom is -0.384 e. The monoisotopic (exact) mass is 197 g/mol. The van der Waals surface area contributed by atoms with E-state index in [1.54, 1.807) is 30.4 Å². The van der Waals surface area contributed by atoms with Gasteiger partial charge in [0.05, 0.1) is 12.9 Å². The summed E-state index contributed by atoms with van der Waals surface area (Å²) in [5.41, 5.74) is -0.336. The number of hydrogen-bond acceptors (Lipinski definition) is 4. The number of rotatable bonds is 5. The molecule has 0 spiro atoms. The van der Waals surface area contributed by atoms with Gasteiger partial charge in [0.15, 0.2) is 6.17 Å². The summed E-state index contributed by atoms with van der Waals surface area (Å²) >= 11 is 0. The molecule has 0 N–H and O–H groups in total. The maximum absolute atomic E-state index is 10.8. The van der Waals surface area contributed by atoms with E-state index in [2.05, 4.69) is 10.2 Å². The van der Waals surface area contributed by atoms with E-state index in [0.717, 1.165) is 0 Å². The Kier molecular flexibility index (Phi) is 3.35. The molecule has 0 aliphatic heterocycles. The third-order valence-corrected chi connectivity index (χ3v) is 2.12. The van der Waals surface area contributed by atoms with Crippen molar-refractivity contribution in [2.75, 3.05) is 13.7 Å². The Labute approximate surface area is 83.1 Å². The van der Waals surface area contributed by atoms with Crippen molar-refractivity contribution in [2.24, 2.45) is 10.6 Å². The SMILES string of the molecule is COCC(C)(C)C(N=O)n1ccnc1. The van der Waals surface area contributed by atoms with Gasteiger partial charge in [0.1, 0.15) is 0 Å². The van der Waals surface area contributed by atoms with Gasteiger partial charge >= 0.3 is 0 Å². The van der Waals surface area contributed by atoms with E-state index in [9.17, 15) is 4.91 Å². The summed E-state index contributed by atoms with van der Waals surface area (Å²) in [5.74, 6) is 0. The van der Waals surface area contributed by atoms with Crippen LogP contribution in [0.3, 0.4) is 0 Å². The first-order chi connectivity index (χ1) is 6.61. The van der Waals surface area contributed by atoms with E-state index in [4.69, 9.17) is 4.74 Å². The maximum Gasteiger partial charge on any atom is 0.175 e. The zero-order chi connectivity index (χ0) is 10.6. The Morgan fingerprint density at radius 3 is 2.79 bits per heavy atom. The molecule has 78 valence electrons. The van der Waals surface area contributed by atoms with Crippen molar-refractivity contribution < 1.29 is 4.74 Å². The van der Waals surface area contributed by atoms with Gasteiger partial charge in [-0.15, -0.1) is 4.91 Å². The summed E-state index contributed by atoms with van der Waals surface area (Å²) in [7, 11) is 1.61. The third-order valence-electron chi connectivity index (χ3n) is 2.12. The van der Waals surface area contributed by atoms with Crippen LogP contribution in [0.4, 0.5) is 0 Å². The highest BCUT2D eigenvalue weighted by atomic mass is 16.5. The molecule has 1 aromatic heterocycles. The molecule has 5 nitrogen and oxygen atoms in total. The van der Waals surface area contributed by atoms with Crippen molar-refractivity contribution >= 4 is 0 Å². The predicted molar refractivity (Wildman–Crippen MR) is 52.7 cm³/mol. The molecule has 0 radical (unpaired) electrons. The molecule has 1 atom stereocenters. The highest BCUT2D eigenvalue weighted by Gasteiger charge is 2.31. The van der Waals surface area contributed by atoms with Gasteiger partial charge in [-0.2, -0.15) is 0 Å². The van der Waals surface area contributed by atoms with Crippen LogP contribution in [0.1, 0.15) is 20.0 Å². The third kappa shape index (κ3) is 2.17. The lowest BCUT2D eigenvalue weighted by Gasteiger charge is -2.28. The molecule has 1 heterocycles. The van der Waals surface area contributed by atoms with Gasteiger partial charge < -0.3 is 9.30 Å². The molecule has 0 aromatic carbocycles. The maximum atomic E-state index is 10.8. The Balaban J connectivity index is 2.86. The highest BCUT2D eigenvalue weighted by molar-refractivity contribution is 4.87. The summed E-state index contributed by atoms with van der Waals surface area (Å²) in [5, 5.41) is 3.11. The normalized spacial score (nSPS) is 13.9. The number of methoxy groups -OCH3 is 1. The predicted octanol–water partition coefficient (Wildman–Crippen LogP) is 1.82. The lowest BCUT2D eigenvalue weighted by atomic mass is 9.91. The van der Waals surface area contributed by atoms with E-state index in [1.807, 2.05) is 13.8 Å². The zero-order valence-corrected chi connectivity index (χ0v) is 8.67. The second-order valence-corrected chi connectivity index (χ2v) is 3.91. The molecular formula is C9H15N3O2. The number of hydrogen-bond donors (Lipinski definition) is 0. The van der Waals surface area contributed by atoms with Gasteiger partial charge in [-0.05, 0) is 5.18 Å². The van der Waals surface area contributed by atoms with Crippen LogP contribution in [0.15, 0.2) is 23.9 Å². The van der Waals surface area contributed by atoms with E-state index in [-0.39, 0.29) is 5.41 Å². The second kappa shape index (κ2) is 4.32. The largest absolute Gasteiger partial charge is 0.384 e. The summed E-state index contributed by atoms with van der Waals surface area (Å²) in [6, 6.07) is 0. The van der Waals surface area contributed by atoms with E-state index < -0.39 is 6.17 Å². The van der Waals surface area contributed by atoms with Crippen LogP contribution in [0, 0.1) is 10.3 Å². The van der Waals surface area contributed by atoms with Crippen molar-refractivity contribution in [3.8, 4) is 0 Å². The second-order valence-electron chi connectivity index (χ2n) is 3.91. The van der Waals surface area contributed by atoms with Crippen LogP contribution in [0.25, 0.3) is 0 Å². The fourth-order valence-electron chi connectivity index (χ4n) is 1.46. The van der Waals surface area contributed by atoms with Gasteiger partial charge in [-0.1, -0.05) is 13.8 Å². The average molecular weight is 197 g/mol. The smallest absolute Gasteiger partial charge is 0.175 e. The molecule has 0 saturated heterocycles. The molecule has 0 aliphatic carbocycles. The molecular weight excluding hydrogens is 182 g/mol. The molecule has 0 saturated carbocycles. The number of nitroso groups, excluding NO2 is 1. The van der Waals surface area contributed by atoms with Gasteiger partial charge in [0.25, 0.3) is 0 Å². The fraction of sp³-hybridized carbons (Fsp3) is 0.667. The first-order valence-electron chi connectivity index (χ1n) is 4.40. The van der Waals surface area contributed by atoms with Gasteiger partial charge in [-0.3, -0.25) is 0 Å². The number of nitrogens with zero attached hydrogens (tertiary/aromatic N) is 3. The summed E-state index contributed by atoms with van der Waals surface area (Å²) in [6.07, 6.45) is 4.46. The topological polar surface area (TPSA) is 56.5 Å². The quantitative estimate of drug-likeness (QED) is 0.676. The standard InChI is InChI=1S/C9H15N3O2/c1-9(2,6-14-3)8(11-13)12-5-4-10-7-12/h4-5,7-8H,6H2,1-3H3. The van der Waals surface area contributed by atoms with Crippen LogP contribution < -0.4 is 0 Å². The van der Waals surface area contributed by atoms with Gasteiger partial charge in [0, 0.05) is 24.9 Å². The fourth-order valence-corrected chi connectivity index (χ4v) is 1.46. The minimum absolute atomic E-state index is 0.336. The van der Waals surface area contributed by atoms with Gasteiger partial charge in [-0.25, -0.2) is 4.98 Å². The first-order valence-corrected chi connectivity index (χ1v) is 4.40. The zero-order valence-electron chi connectivity index (χ0n) is 8.67. The van der Waals surface area contributed by atoms with Crippen LogP contribution >= 0.6 is 0 Å². The molecule has 0 bridgehead atoms. The highest BCUT2D eigenvalue weighted by Crippen LogP contribution is 2.32. The van der Waals surface area contributed by atoms with Crippen LogP contribution in [0.5, 0.6) is 0 Å². The van der Waals surface area contributed by atoms with E-state index in [1.165, 1.54) is 0 Å². The van der Waals surface area contributed by atoms with Crippen molar-refractivity contribution in [3.63, 3.8) is 0 Å². The molecule has 0 amide bonds. The van der Waals surface area contributed by atoms with Crippen molar-refractivity contribution in [1.82, 2.24) is 9.55 Å². The van der Waals surface area contributed by atoms with Gasteiger partial charge in [0.2, 0.25) is 0 Å². The first kappa shape index (κ1) is 10.8. The number of ether oxygens (including phenoxy) is 1. The average Bonchev–Trinajstić information content (AvgIpc) is 2.57. The van der Waals surface area contributed by atoms with Crippen LogP contribution in [0.2, 0.25) is 0 Å². The Morgan fingerprint density at radius 2 is 2.36 bits per heavy atom. The lowest BCUT2D eigenvalue weighted by molar-refractivity contribution is 0.0655. The number of aromatic nitrogens is 2. The molecule has 0 fully saturated rings. The molecule has 1 unspecified atom stereocenters. The molecule has 5 heteroatoms. The summed E-state index contributed by atoms with van der Waals surface area (Å²) in [6.45, 7) is 4.34. The van der Waals surface area contributed by atoms with E-state index in [0.29, 0.717) is 6.61 Å².